The molecule has 2 aliphatic rings. The Hall–Kier alpha value is -1.87. The van der Waals surface area contributed by atoms with Crippen molar-refractivity contribution in [3.05, 3.63) is 24.0 Å². The first kappa shape index (κ1) is 25.7. The molecular formula is C24H37FN2O5S. The summed E-state index contributed by atoms with van der Waals surface area (Å²) in [4.78, 5) is 16.6. The summed E-state index contributed by atoms with van der Waals surface area (Å²) in [6.45, 7) is 10.4. The van der Waals surface area contributed by atoms with Gasteiger partial charge in [0.15, 0.2) is 21.4 Å². The smallest absolute Gasteiger partial charge is 0.410 e. The molecule has 1 aliphatic heterocycles. The second-order valence-corrected chi connectivity index (χ2v) is 12.4. The van der Waals surface area contributed by atoms with Gasteiger partial charge in [-0.3, -0.25) is 4.90 Å². The third-order valence-electron chi connectivity index (χ3n) is 6.42. The van der Waals surface area contributed by atoms with Gasteiger partial charge in [-0.1, -0.05) is 0 Å². The summed E-state index contributed by atoms with van der Waals surface area (Å²) in [6.07, 6.45) is 4.88. The van der Waals surface area contributed by atoms with Crippen LogP contribution < -0.4 is 4.74 Å². The number of hydrogen-bond acceptors (Lipinski definition) is 6. The number of hydrogen-bond donors (Lipinski definition) is 0. The van der Waals surface area contributed by atoms with E-state index < -0.39 is 21.3 Å². The Bertz CT molecular complexity index is 939. The van der Waals surface area contributed by atoms with Crippen molar-refractivity contribution < 1.29 is 27.1 Å². The molecular weight excluding hydrogens is 447 g/mol. The molecule has 1 unspecified atom stereocenters. The van der Waals surface area contributed by atoms with Crippen LogP contribution >= 0.6 is 0 Å². The molecule has 1 atom stereocenters. The largest absolute Gasteiger partial charge is 0.490 e. The van der Waals surface area contributed by atoms with E-state index in [1.807, 2.05) is 20.8 Å². The number of benzene rings is 1. The summed E-state index contributed by atoms with van der Waals surface area (Å²) < 4.78 is 48.5. The maximum atomic E-state index is 14.2. The minimum absolute atomic E-state index is 0.0475. The van der Waals surface area contributed by atoms with Crippen molar-refractivity contribution in [1.29, 1.82) is 0 Å². The zero-order chi connectivity index (χ0) is 24.4. The number of halogens is 1. The van der Waals surface area contributed by atoms with Crippen LogP contribution in [0.5, 0.6) is 5.75 Å². The molecule has 186 valence electrons. The fraction of sp³-hybridized carbons (Fsp3) is 0.708. The lowest BCUT2D eigenvalue weighted by Crippen LogP contribution is -2.57. The van der Waals surface area contributed by atoms with Crippen molar-refractivity contribution in [2.24, 2.45) is 5.92 Å². The molecule has 2 fully saturated rings. The van der Waals surface area contributed by atoms with Crippen molar-refractivity contribution in [3.8, 4) is 5.75 Å². The molecule has 9 heteroatoms. The fourth-order valence-electron chi connectivity index (χ4n) is 4.69. The summed E-state index contributed by atoms with van der Waals surface area (Å²) in [7, 11) is -3.44. The van der Waals surface area contributed by atoms with Crippen LogP contribution in [0.15, 0.2) is 23.1 Å². The van der Waals surface area contributed by atoms with Crippen molar-refractivity contribution in [1.82, 2.24) is 9.80 Å². The Morgan fingerprint density at radius 3 is 2.36 bits per heavy atom. The zero-order valence-corrected chi connectivity index (χ0v) is 21.2. The number of nitrogens with zero attached hydrogens (tertiary/aromatic N) is 2. The lowest BCUT2D eigenvalue weighted by Gasteiger charge is -2.45. The van der Waals surface area contributed by atoms with Crippen LogP contribution in [0.25, 0.3) is 0 Å². The molecule has 0 aromatic heterocycles. The van der Waals surface area contributed by atoms with Crippen LogP contribution in [-0.2, 0) is 14.6 Å². The van der Waals surface area contributed by atoms with Crippen molar-refractivity contribution in [2.45, 2.75) is 76.0 Å². The van der Waals surface area contributed by atoms with Crippen LogP contribution in [0.3, 0.4) is 0 Å². The molecule has 1 saturated heterocycles. The van der Waals surface area contributed by atoms with Crippen molar-refractivity contribution in [2.75, 3.05) is 32.5 Å². The lowest BCUT2D eigenvalue weighted by molar-refractivity contribution is -0.00838. The monoisotopic (exact) mass is 484 g/mol. The average molecular weight is 485 g/mol. The number of carbonyl (C=O) groups excluding carboxylic acids is 1. The Morgan fingerprint density at radius 2 is 1.82 bits per heavy atom. The number of sulfone groups is 1. The first-order valence-corrected chi connectivity index (χ1v) is 13.6. The summed E-state index contributed by atoms with van der Waals surface area (Å²) in [5.41, 5.74) is -0.490. The van der Waals surface area contributed by atoms with Crippen LogP contribution in [0, 0.1) is 11.7 Å². The normalized spacial score (nSPS) is 25.0. The van der Waals surface area contributed by atoms with Gasteiger partial charge in [-0.2, -0.15) is 0 Å². The number of amides is 1. The average Bonchev–Trinajstić information content (AvgIpc) is 2.71. The predicted molar refractivity (Wildman–Crippen MR) is 125 cm³/mol. The number of carbonyl (C=O) groups is 1. The highest BCUT2D eigenvalue weighted by atomic mass is 32.2. The van der Waals surface area contributed by atoms with E-state index in [0.29, 0.717) is 31.7 Å². The topological polar surface area (TPSA) is 76.2 Å². The Morgan fingerprint density at radius 1 is 1.15 bits per heavy atom. The first-order chi connectivity index (χ1) is 15.3. The minimum atomic E-state index is -3.44. The van der Waals surface area contributed by atoms with Gasteiger partial charge in [-0.05, 0) is 77.5 Å². The van der Waals surface area contributed by atoms with Gasteiger partial charge in [0.1, 0.15) is 5.60 Å². The molecule has 1 saturated carbocycles. The molecule has 0 spiro atoms. The SMILES string of the molecule is CC1CN(C(=O)OC(C)(C)C)CCN1C1CCC(COc2ccc(S(C)(=O)=O)cc2F)CC1. The second kappa shape index (κ2) is 10.2. The molecule has 7 nitrogen and oxygen atoms in total. The maximum Gasteiger partial charge on any atom is 0.410 e. The molecule has 1 aliphatic carbocycles. The van der Waals surface area contributed by atoms with Crippen LogP contribution in [0.2, 0.25) is 0 Å². The van der Waals surface area contributed by atoms with Crippen molar-refractivity contribution in [3.63, 3.8) is 0 Å². The van der Waals surface area contributed by atoms with E-state index in [2.05, 4.69) is 11.8 Å². The highest BCUT2D eigenvalue weighted by Gasteiger charge is 2.35. The lowest BCUT2D eigenvalue weighted by atomic mass is 9.85. The summed E-state index contributed by atoms with van der Waals surface area (Å²) in [5, 5.41) is 0. The van der Waals surface area contributed by atoms with E-state index >= 15 is 0 Å². The molecule has 33 heavy (non-hydrogen) atoms. The van der Waals surface area contributed by atoms with Gasteiger partial charge in [0, 0.05) is 38.0 Å². The van der Waals surface area contributed by atoms with E-state index in [0.717, 1.165) is 44.6 Å². The van der Waals surface area contributed by atoms with E-state index in [4.69, 9.17) is 9.47 Å². The summed E-state index contributed by atoms with van der Waals surface area (Å²) in [6, 6.07) is 4.53. The van der Waals surface area contributed by atoms with Crippen LogP contribution in [-0.4, -0.2) is 74.5 Å². The highest BCUT2D eigenvalue weighted by molar-refractivity contribution is 7.90. The number of ether oxygens (including phenoxy) is 2. The second-order valence-electron chi connectivity index (χ2n) is 10.4. The van der Waals surface area contributed by atoms with Gasteiger partial charge in [-0.15, -0.1) is 0 Å². The maximum absolute atomic E-state index is 14.2. The highest BCUT2D eigenvalue weighted by Crippen LogP contribution is 2.31. The molecule has 1 amide bonds. The van der Waals surface area contributed by atoms with Gasteiger partial charge < -0.3 is 14.4 Å². The first-order valence-electron chi connectivity index (χ1n) is 11.7. The Kier molecular flexibility index (Phi) is 7.94. The Labute approximate surface area is 197 Å². The molecule has 1 aromatic carbocycles. The third-order valence-corrected chi connectivity index (χ3v) is 7.53. The van der Waals surface area contributed by atoms with Crippen LogP contribution in [0.1, 0.15) is 53.4 Å². The molecule has 0 radical (unpaired) electrons. The van der Waals surface area contributed by atoms with E-state index in [1.165, 1.54) is 12.1 Å². The van der Waals surface area contributed by atoms with Crippen molar-refractivity contribution >= 4 is 15.9 Å². The molecule has 0 bridgehead atoms. The van der Waals surface area contributed by atoms with E-state index in [-0.39, 0.29) is 22.8 Å². The third kappa shape index (κ3) is 7.06. The number of rotatable bonds is 5. The quantitative estimate of drug-likeness (QED) is 0.626. The minimum Gasteiger partial charge on any atom is -0.490 e. The van der Waals surface area contributed by atoms with Gasteiger partial charge in [0.2, 0.25) is 0 Å². The van der Waals surface area contributed by atoms with E-state index in [9.17, 15) is 17.6 Å². The Balaban J connectivity index is 1.45. The molecule has 1 heterocycles. The summed E-state index contributed by atoms with van der Waals surface area (Å²) >= 11 is 0. The van der Waals surface area contributed by atoms with Gasteiger partial charge >= 0.3 is 6.09 Å². The van der Waals surface area contributed by atoms with Gasteiger partial charge in [0.05, 0.1) is 11.5 Å². The van der Waals surface area contributed by atoms with E-state index in [1.54, 1.807) is 4.90 Å². The van der Waals surface area contributed by atoms with Gasteiger partial charge in [0.25, 0.3) is 0 Å². The van der Waals surface area contributed by atoms with Gasteiger partial charge in [-0.25, -0.2) is 17.6 Å². The zero-order valence-electron chi connectivity index (χ0n) is 20.3. The number of piperazine rings is 1. The predicted octanol–water partition coefficient (Wildman–Crippen LogP) is 4.11. The molecule has 3 rings (SSSR count). The molecule has 0 N–H and O–H groups in total. The molecule has 1 aromatic rings. The fourth-order valence-corrected chi connectivity index (χ4v) is 5.32. The summed E-state index contributed by atoms with van der Waals surface area (Å²) in [5.74, 6) is -0.215. The standard InChI is InChI=1S/C24H37FN2O5S/c1-17-15-26(23(28)32-24(2,3)4)12-13-27(17)19-8-6-18(7-9-19)16-31-22-11-10-20(14-21(22)25)33(5,29)30/h10-11,14,17-19H,6-9,12-13,15-16H2,1-5H3. The van der Waals surface area contributed by atoms with Crippen LogP contribution in [0.4, 0.5) is 9.18 Å².